The SMILES string of the molecule is CCCCN(Cc1cccnc1)C(=O)c1cn(C)c(C)cc1=O. The predicted molar refractivity (Wildman–Crippen MR) is 90.3 cm³/mol. The average Bonchev–Trinajstić information content (AvgIpc) is 2.55. The van der Waals surface area contributed by atoms with Crippen molar-refractivity contribution in [2.75, 3.05) is 6.54 Å². The van der Waals surface area contributed by atoms with Gasteiger partial charge in [0.15, 0.2) is 5.43 Å². The van der Waals surface area contributed by atoms with Gasteiger partial charge in [-0.2, -0.15) is 0 Å². The second-order valence-electron chi connectivity index (χ2n) is 5.75. The Morgan fingerprint density at radius 3 is 2.83 bits per heavy atom. The Morgan fingerprint density at radius 2 is 2.17 bits per heavy atom. The zero-order valence-corrected chi connectivity index (χ0v) is 14.0. The van der Waals surface area contributed by atoms with Crippen LogP contribution in [0.1, 0.15) is 41.4 Å². The van der Waals surface area contributed by atoms with Gasteiger partial charge in [0.05, 0.1) is 0 Å². The summed E-state index contributed by atoms with van der Waals surface area (Å²) in [5.74, 6) is -0.220. The number of hydrogen-bond acceptors (Lipinski definition) is 3. The van der Waals surface area contributed by atoms with E-state index in [-0.39, 0.29) is 16.9 Å². The van der Waals surface area contributed by atoms with Crippen molar-refractivity contribution in [3.8, 4) is 0 Å². The van der Waals surface area contributed by atoms with Crippen LogP contribution in [0.2, 0.25) is 0 Å². The fourth-order valence-electron chi connectivity index (χ4n) is 2.37. The number of unbranched alkanes of at least 4 members (excludes halogenated alkanes) is 1. The largest absolute Gasteiger partial charge is 0.354 e. The second-order valence-corrected chi connectivity index (χ2v) is 5.75. The molecule has 0 saturated carbocycles. The average molecular weight is 313 g/mol. The van der Waals surface area contributed by atoms with E-state index in [1.165, 1.54) is 6.07 Å². The molecular weight excluding hydrogens is 290 g/mol. The second kappa shape index (κ2) is 7.72. The van der Waals surface area contributed by atoms with Crippen molar-refractivity contribution in [2.45, 2.75) is 33.2 Å². The molecule has 0 aliphatic carbocycles. The summed E-state index contributed by atoms with van der Waals surface area (Å²) >= 11 is 0. The van der Waals surface area contributed by atoms with Crippen molar-refractivity contribution in [1.29, 1.82) is 0 Å². The van der Waals surface area contributed by atoms with Crippen LogP contribution < -0.4 is 5.43 Å². The zero-order valence-electron chi connectivity index (χ0n) is 14.0. The third-order valence-corrected chi connectivity index (χ3v) is 3.88. The van der Waals surface area contributed by atoms with Gasteiger partial charge in [0.1, 0.15) is 5.56 Å². The molecule has 0 saturated heterocycles. The number of hydrogen-bond donors (Lipinski definition) is 0. The molecule has 2 heterocycles. The molecule has 0 spiro atoms. The highest BCUT2D eigenvalue weighted by molar-refractivity contribution is 5.93. The lowest BCUT2D eigenvalue weighted by atomic mass is 10.1. The fraction of sp³-hybridized carbons (Fsp3) is 0.389. The van der Waals surface area contributed by atoms with Crippen LogP contribution in [0.5, 0.6) is 0 Å². The van der Waals surface area contributed by atoms with Crippen LogP contribution in [-0.4, -0.2) is 26.9 Å². The van der Waals surface area contributed by atoms with E-state index in [4.69, 9.17) is 0 Å². The summed E-state index contributed by atoms with van der Waals surface area (Å²) < 4.78 is 1.80. The van der Waals surface area contributed by atoms with Gasteiger partial charge in [-0.1, -0.05) is 19.4 Å². The van der Waals surface area contributed by atoms with Crippen LogP contribution in [0.15, 0.2) is 41.6 Å². The summed E-state index contributed by atoms with van der Waals surface area (Å²) in [6.07, 6.45) is 6.97. The number of pyridine rings is 2. The van der Waals surface area contributed by atoms with E-state index in [1.54, 1.807) is 28.1 Å². The number of carbonyl (C=O) groups excluding carboxylic acids is 1. The minimum Gasteiger partial charge on any atom is -0.354 e. The van der Waals surface area contributed by atoms with Crippen LogP contribution in [-0.2, 0) is 13.6 Å². The number of carbonyl (C=O) groups is 1. The smallest absolute Gasteiger partial charge is 0.259 e. The van der Waals surface area contributed by atoms with Gasteiger partial charge in [0.2, 0.25) is 0 Å². The molecule has 0 unspecified atom stereocenters. The zero-order chi connectivity index (χ0) is 16.8. The van der Waals surface area contributed by atoms with Gasteiger partial charge in [-0.05, 0) is 25.0 Å². The molecule has 0 aliphatic heterocycles. The highest BCUT2D eigenvalue weighted by Gasteiger charge is 2.19. The van der Waals surface area contributed by atoms with Gasteiger partial charge < -0.3 is 9.47 Å². The first kappa shape index (κ1) is 16.9. The minimum absolute atomic E-state index is 0.220. The first-order valence-corrected chi connectivity index (χ1v) is 7.88. The molecule has 0 N–H and O–H groups in total. The lowest BCUT2D eigenvalue weighted by Crippen LogP contribution is -2.35. The van der Waals surface area contributed by atoms with E-state index in [2.05, 4.69) is 11.9 Å². The van der Waals surface area contributed by atoms with Gasteiger partial charge in [-0.3, -0.25) is 14.6 Å². The molecule has 23 heavy (non-hydrogen) atoms. The molecule has 0 radical (unpaired) electrons. The minimum atomic E-state index is -0.224. The topological polar surface area (TPSA) is 55.2 Å². The van der Waals surface area contributed by atoms with E-state index in [0.717, 1.165) is 24.1 Å². The molecule has 5 nitrogen and oxygen atoms in total. The van der Waals surface area contributed by atoms with Crippen molar-refractivity contribution in [3.05, 3.63) is 63.8 Å². The van der Waals surface area contributed by atoms with Gasteiger partial charge in [-0.15, -0.1) is 0 Å². The quantitative estimate of drug-likeness (QED) is 0.823. The summed E-state index contributed by atoms with van der Waals surface area (Å²) in [6, 6.07) is 5.30. The van der Waals surface area contributed by atoms with Crippen molar-refractivity contribution in [3.63, 3.8) is 0 Å². The summed E-state index contributed by atoms with van der Waals surface area (Å²) in [5, 5.41) is 0. The number of rotatable bonds is 6. The maximum Gasteiger partial charge on any atom is 0.259 e. The van der Waals surface area contributed by atoms with Crippen LogP contribution >= 0.6 is 0 Å². The standard InChI is InChI=1S/C18H23N3O2/c1-4-5-9-21(12-15-7-6-8-19-11-15)18(23)16-13-20(3)14(2)10-17(16)22/h6-8,10-11,13H,4-5,9,12H2,1-3H3. The van der Waals surface area contributed by atoms with Gasteiger partial charge in [-0.25, -0.2) is 0 Å². The lowest BCUT2D eigenvalue weighted by Gasteiger charge is -2.23. The van der Waals surface area contributed by atoms with Crippen LogP contribution in [0.4, 0.5) is 0 Å². The summed E-state index contributed by atoms with van der Waals surface area (Å²) in [5.41, 5.74) is 1.79. The van der Waals surface area contributed by atoms with E-state index in [1.807, 2.05) is 26.1 Å². The Labute approximate surface area is 136 Å². The molecule has 5 heteroatoms. The molecule has 0 aromatic carbocycles. The van der Waals surface area contributed by atoms with Crippen molar-refractivity contribution >= 4 is 5.91 Å². The summed E-state index contributed by atoms with van der Waals surface area (Å²) in [6.45, 7) is 5.02. The third-order valence-electron chi connectivity index (χ3n) is 3.88. The number of aromatic nitrogens is 2. The maximum absolute atomic E-state index is 12.8. The fourth-order valence-corrected chi connectivity index (χ4v) is 2.37. The Hall–Kier alpha value is -2.43. The third kappa shape index (κ3) is 4.28. The summed E-state index contributed by atoms with van der Waals surface area (Å²) in [4.78, 5) is 30.8. The van der Waals surface area contributed by atoms with E-state index >= 15 is 0 Å². The predicted octanol–water partition coefficient (Wildman–Crippen LogP) is 2.53. The van der Waals surface area contributed by atoms with Crippen molar-refractivity contribution in [2.24, 2.45) is 7.05 Å². The highest BCUT2D eigenvalue weighted by atomic mass is 16.2. The van der Waals surface area contributed by atoms with Crippen molar-refractivity contribution < 1.29 is 4.79 Å². The Balaban J connectivity index is 2.29. The van der Waals surface area contributed by atoms with E-state index in [9.17, 15) is 9.59 Å². The van der Waals surface area contributed by atoms with Crippen LogP contribution in [0.3, 0.4) is 0 Å². The first-order valence-electron chi connectivity index (χ1n) is 7.88. The lowest BCUT2D eigenvalue weighted by molar-refractivity contribution is 0.0738. The van der Waals surface area contributed by atoms with Gasteiger partial charge in [0.25, 0.3) is 5.91 Å². The normalized spacial score (nSPS) is 10.6. The number of aryl methyl sites for hydroxylation is 2. The summed E-state index contributed by atoms with van der Waals surface area (Å²) in [7, 11) is 1.84. The van der Waals surface area contributed by atoms with E-state index in [0.29, 0.717) is 13.1 Å². The van der Waals surface area contributed by atoms with Gasteiger partial charge in [0, 0.05) is 50.5 Å². The monoisotopic (exact) mass is 313 g/mol. The Bertz CT molecular complexity index is 723. The first-order chi connectivity index (χ1) is 11.0. The molecule has 2 rings (SSSR count). The van der Waals surface area contributed by atoms with Crippen LogP contribution in [0.25, 0.3) is 0 Å². The Morgan fingerprint density at radius 1 is 1.39 bits per heavy atom. The molecule has 2 aromatic rings. The highest BCUT2D eigenvalue weighted by Crippen LogP contribution is 2.09. The van der Waals surface area contributed by atoms with E-state index < -0.39 is 0 Å². The number of nitrogens with zero attached hydrogens (tertiary/aromatic N) is 3. The molecular formula is C18H23N3O2. The molecule has 0 bridgehead atoms. The molecule has 0 fully saturated rings. The molecule has 2 aromatic heterocycles. The number of amides is 1. The molecule has 0 atom stereocenters. The molecule has 0 aliphatic rings. The van der Waals surface area contributed by atoms with Crippen molar-refractivity contribution in [1.82, 2.24) is 14.5 Å². The maximum atomic E-state index is 12.8. The Kier molecular flexibility index (Phi) is 5.68. The van der Waals surface area contributed by atoms with Crippen LogP contribution in [0, 0.1) is 6.92 Å². The molecule has 122 valence electrons. The molecule has 1 amide bonds. The van der Waals surface area contributed by atoms with Gasteiger partial charge >= 0.3 is 0 Å².